The molecule has 0 heterocycles. The Labute approximate surface area is 329 Å². The van der Waals surface area contributed by atoms with Gasteiger partial charge in [-0.1, -0.05) is 119 Å². The van der Waals surface area contributed by atoms with Gasteiger partial charge in [0.2, 0.25) is 0 Å². The maximum absolute atomic E-state index is 12.4. The number of phosphoric ester groups is 1. The summed E-state index contributed by atoms with van der Waals surface area (Å²) in [7, 11) is -4.84. The van der Waals surface area contributed by atoms with E-state index in [4.69, 9.17) is 19.3 Å². The van der Waals surface area contributed by atoms with Gasteiger partial charge in [0.25, 0.3) is 0 Å². The Balaban J connectivity index is 2.36. The molecule has 1 aliphatic rings. The number of ether oxygens (including phenoxy) is 2. The quantitative estimate of drug-likeness (QED) is 0.0221. The summed E-state index contributed by atoms with van der Waals surface area (Å²) < 4.78 is 26.3. The van der Waals surface area contributed by atoms with Gasteiger partial charge in [-0.25, -0.2) is 4.57 Å². The summed E-state index contributed by atoms with van der Waals surface area (Å²) in [6, 6.07) is 0. The Bertz CT molecular complexity index is 1280. The highest BCUT2D eigenvalue weighted by Gasteiger charge is 2.39. The van der Waals surface area contributed by atoms with Crippen LogP contribution >= 0.6 is 7.82 Å². The molecule has 4 N–H and O–H groups in total. The van der Waals surface area contributed by atoms with Crippen molar-refractivity contribution in [1.82, 2.24) is 0 Å². The molecule has 5 atom stereocenters. The summed E-state index contributed by atoms with van der Waals surface area (Å²) in [5.74, 6) is -1.92. The van der Waals surface area contributed by atoms with Gasteiger partial charge in [0.15, 0.2) is 6.10 Å². The molecule has 0 aliphatic heterocycles. The topological polar surface area (TPSA) is 177 Å². The Morgan fingerprint density at radius 2 is 1.31 bits per heavy atom. The highest BCUT2D eigenvalue weighted by Crippen LogP contribution is 2.36. The molecule has 0 aromatic heterocycles. The molecule has 0 saturated heterocycles. The Morgan fingerprint density at radius 3 is 1.91 bits per heavy atom. The summed E-state index contributed by atoms with van der Waals surface area (Å²) in [4.78, 5) is 55.4. The first-order valence-corrected chi connectivity index (χ1v) is 21.9. The lowest BCUT2D eigenvalue weighted by molar-refractivity contribution is -0.161. The van der Waals surface area contributed by atoms with Crippen LogP contribution in [0.2, 0.25) is 0 Å². The molecular formula is C43H69O11P. The van der Waals surface area contributed by atoms with Gasteiger partial charge in [-0.05, 0) is 70.6 Å². The maximum Gasteiger partial charge on any atom is 0.469 e. The number of phosphoric acid groups is 1. The van der Waals surface area contributed by atoms with Gasteiger partial charge in [0.1, 0.15) is 12.4 Å². The molecule has 0 unspecified atom stereocenters. The van der Waals surface area contributed by atoms with Crippen LogP contribution in [0, 0.1) is 11.8 Å². The third-order valence-electron chi connectivity index (χ3n) is 9.07. The van der Waals surface area contributed by atoms with E-state index in [0.29, 0.717) is 38.5 Å². The molecule has 0 amide bonds. The lowest BCUT2D eigenvalue weighted by atomic mass is 9.90. The molecule has 1 saturated carbocycles. The van der Waals surface area contributed by atoms with E-state index in [1.807, 2.05) is 24.3 Å². The fourth-order valence-electron chi connectivity index (χ4n) is 5.93. The summed E-state index contributed by atoms with van der Waals surface area (Å²) in [5, 5.41) is 20.6. The predicted octanol–water partition coefficient (Wildman–Crippen LogP) is 8.88. The Kier molecular flexibility index (Phi) is 29.3. The van der Waals surface area contributed by atoms with Crippen molar-refractivity contribution in [1.29, 1.82) is 0 Å². The van der Waals surface area contributed by atoms with Crippen LogP contribution in [0.4, 0.5) is 0 Å². The van der Waals surface area contributed by atoms with E-state index in [-0.39, 0.29) is 31.0 Å². The molecule has 0 radical (unpaired) electrons. The van der Waals surface area contributed by atoms with Crippen molar-refractivity contribution in [2.45, 2.75) is 154 Å². The van der Waals surface area contributed by atoms with Crippen LogP contribution in [-0.2, 0) is 32.9 Å². The van der Waals surface area contributed by atoms with E-state index in [0.717, 1.165) is 44.9 Å². The smallest absolute Gasteiger partial charge is 0.462 e. The third-order valence-corrected chi connectivity index (χ3v) is 9.56. The molecule has 12 heteroatoms. The highest BCUT2D eigenvalue weighted by molar-refractivity contribution is 7.46. The van der Waals surface area contributed by atoms with Crippen molar-refractivity contribution < 1.29 is 52.9 Å². The molecule has 0 aromatic carbocycles. The van der Waals surface area contributed by atoms with E-state index in [1.54, 1.807) is 12.2 Å². The van der Waals surface area contributed by atoms with Crippen LogP contribution in [0.3, 0.4) is 0 Å². The van der Waals surface area contributed by atoms with E-state index < -0.39 is 57.2 Å². The zero-order valence-corrected chi connectivity index (χ0v) is 34.2. The third kappa shape index (κ3) is 28.2. The molecule has 312 valence electrons. The predicted molar refractivity (Wildman–Crippen MR) is 217 cm³/mol. The van der Waals surface area contributed by atoms with Crippen molar-refractivity contribution in [3.05, 3.63) is 72.9 Å². The molecule has 1 rings (SSSR count). The minimum atomic E-state index is -4.84. The van der Waals surface area contributed by atoms with Crippen molar-refractivity contribution in [3.8, 4) is 0 Å². The number of allylic oxidation sites excluding steroid dienone is 11. The molecule has 11 nitrogen and oxygen atoms in total. The van der Waals surface area contributed by atoms with E-state index in [1.165, 1.54) is 19.3 Å². The number of hydrogen-bond donors (Lipinski definition) is 4. The van der Waals surface area contributed by atoms with Gasteiger partial charge in [0, 0.05) is 31.1 Å². The lowest BCUT2D eigenvalue weighted by Crippen LogP contribution is -2.29. The van der Waals surface area contributed by atoms with Crippen LogP contribution in [0.1, 0.15) is 136 Å². The number of unbranched alkanes of at least 4 members (excludes halogenated alkanes) is 7. The Hall–Kier alpha value is -2.92. The number of aliphatic hydroxyl groups is 2. The zero-order chi connectivity index (χ0) is 40.6. The molecule has 0 spiro atoms. The minimum absolute atomic E-state index is 0.0386. The van der Waals surface area contributed by atoms with Crippen LogP contribution in [0.5, 0.6) is 0 Å². The van der Waals surface area contributed by atoms with Gasteiger partial charge in [-0.3, -0.25) is 18.9 Å². The van der Waals surface area contributed by atoms with E-state index in [2.05, 4.69) is 54.8 Å². The van der Waals surface area contributed by atoms with Gasteiger partial charge < -0.3 is 29.5 Å². The average Bonchev–Trinajstić information content (AvgIpc) is 3.41. The van der Waals surface area contributed by atoms with Crippen LogP contribution in [-0.4, -0.2) is 69.2 Å². The number of ketones is 1. The van der Waals surface area contributed by atoms with Crippen molar-refractivity contribution in [2.75, 3.05) is 13.2 Å². The first kappa shape index (κ1) is 50.1. The molecule has 1 fully saturated rings. The largest absolute Gasteiger partial charge is 0.469 e. The molecular weight excluding hydrogens is 723 g/mol. The summed E-state index contributed by atoms with van der Waals surface area (Å²) in [5.41, 5.74) is 0. The average molecular weight is 793 g/mol. The fourth-order valence-corrected chi connectivity index (χ4v) is 6.29. The summed E-state index contributed by atoms with van der Waals surface area (Å²) >= 11 is 0. The van der Waals surface area contributed by atoms with E-state index >= 15 is 0 Å². The standard InChI is InChI=1S/C43H69O11P/c1-3-5-7-8-9-10-11-12-13-14-15-16-17-18-19-20-26-30-43(48)54-37(35-53-55(49,50)51)34-52-42(47)29-25-22-21-24-28-38-39(41(46)33-40(38)45)32-31-36(44)27-23-6-4-2/h9-10,12-13,15-16,18-19,21,24,31-32,36-40,44-45H,3-8,11,14,17,20,22-23,25-30,33-35H2,1-2H3,(H2,49,50,51)/b10-9-,13-12-,16-15-,19-18-,24-21-,32-31+/t36-,37+,38+,39+,40-/m0/s1. The number of carbonyl (C=O) groups excluding carboxylic acids is 3. The monoisotopic (exact) mass is 792 g/mol. The number of esters is 2. The minimum Gasteiger partial charge on any atom is -0.462 e. The first-order chi connectivity index (χ1) is 26.5. The summed E-state index contributed by atoms with van der Waals surface area (Å²) in [6.07, 6.45) is 35.7. The number of aliphatic hydroxyl groups excluding tert-OH is 2. The fraction of sp³-hybridized carbons (Fsp3) is 0.651. The molecule has 0 bridgehead atoms. The van der Waals surface area contributed by atoms with Crippen molar-refractivity contribution >= 4 is 25.5 Å². The van der Waals surface area contributed by atoms with Crippen LogP contribution in [0.25, 0.3) is 0 Å². The van der Waals surface area contributed by atoms with E-state index in [9.17, 15) is 29.2 Å². The second kappa shape index (κ2) is 32.2. The van der Waals surface area contributed by atoms with Crippen LogP contribution in [0.15, 0.2) is 72.9 Å². The second-order valence-electron chi connectivity index (χ2n) is 14.0. The van der Waals surface area contributed by atoms with Crippen LogP contribution < -0.4 is 0 Å². The lowest BCUT2D eigenvalue weighted by Gasteiger charge is -2.18. The molecule has 1 aliphatic carbocycles. The number of carbonyl (C=O) groups is 3. The SMILES string of the molecule is CCCCC/C=C\C/C=C\C/C=C\C/C=C\CCCC(=O)O[C@H](COC(=O)CCC/C=C\C[C@H]1[C@@H](O)CC(=O)[C@@H]1/C=C/[C@@H](O)CCCCC)COP(=O)(O)O. The number of Topliss-reactive ketones (excluding diaryl/α,β-unsaturated/α-hetero) is 1. The molecule has 55 heavy (non-hydrogen) atoms. The maximum atomic E-state index is 12.4. The zero-order valence-electron chi connectivity index (χ0n) is 33.3. The number of hydrogen-bond acceptors (Lipinski definition) is 9. The van der Waals surface area contributed by atoms with Gasteiger partial charge >= 0.3 is 19.8 Å². The van der Waals surface area contributed by atoms with Gasteiger partial charge in [-0.2, -0.15) is 0 Å². The molecule has 0 aromatic rings. The summed E-state index contributed by atoms with van der Waals surface area (Å²) in [6.45, 7) is 3.26. The Morgan fingerprint density at radius 1 is 0.764 bits per heavy atom. The first-order valence-electron chi connectivity index (χ1n) is 20.3. The van der Waals surface area contributed by atoms with Crippen molar-refractivity contribution in [3.63, 3.8) is 0 Å². The number of rotatable bonds is 32. The van der Waals surface area contributed by atoms with Gasteiger partial charge in [-0.15, -0.1) is 0 Å². The van der Waals surface area contributed by atoms with Crippen molar-refractivity contribution in [2.24, 2.45) is 11.8 Å². The second-order valence-corrected chi connectivity index (χ2v) is 15.3. The normalized spacial score (nSPS) is 19.3. The van der Waals surface area contributed by atoms with Gasteiger partial charge in [0.05, 0.1) is 18.8 Å². The highest BCUT2D eigenvalue weighted by atomic mass is 31.2.